The van der Waals surface area contributed by atoms with Gasteiger partial charge in [0.15, 0.2) is 0 Å². The van der Waals surface area contributed by atoms with E-state index in [4.69, 9.17) is 0 Å². The smallest absolute Gasteiger partial charge is 0.0956 e. The van der Waals surface area contributed by atoms with Gasteiger partial charge in [-0.25, -0.2) is 4.98 Å². The molecule has 0 bridgehead atoms. The summed E-state index contributed by atoms with van der Waals surface area (Å²) in [7, 11) is 0. The van der Waals surface area contributed by atoms with Crippen LogP contribution in [0.1, 0.15) is 55.9 Å². The van der Waals surface area contributed by atoms with E-state index in [-0.39, 0.29) is 5.54 Å². The molecule has 0 saturated heterocycles. The molecule has 1 heterocycles. The first kappa shape index (κ1) is 25.7. The van der Waals surface area contributed by atoms with Gasteiger partial charge in [-0.05, 0) is 67.5 Å². The Morgan fingerprint density at radius 1 is 0.861 bits per heavy atom. The predicted octanol–water partition coefficient (Wildman–Crippen LogP) is 6.81. The molecule has 0 aliphatic rings. The van der Waals surface area contributed by atoms with Crippen LogP contribution in [0.3, 0.4) is 0 Å². The maximum atomic E-state index is 4.27. The first-order valence-corrected chi connectivity index (χ1v) is 13.4. The predicted molar refractivity (Wildman–Crippen MR) is 151 cm³/mol. The van der Waals surface area contributed by atoms with Crippen molar-refractivity contribution >= 4 is 5.69 Å². The number of benzene rings is 3. The molecule has 0 fully saturated rings. The highest BCUT2D eigenvalue weighted by atomic mass is 15.2. The van der Waals surface area contributed by atoms with Crippen molar-refractivity contribution in [3.8, 4) is 0 Å². The standard InChI is InChI=1S/C32H40N4/c1-4-7-13-28-14-11-12-17-31(28)32(29-15-9-8-10-16-29,34-26-35-23-22-33-25-35)24-27-18-20-30(21-19-27)36(5-2)6-3/h8-12,14-23,25,34H,4-7,13,24,26H2,1-3H3. The third-order valence-corrected chi connectivity index (χ3v) is 7.20. The Kier molecular flexibility index (Phi) is 8.96. The van der Waals surface area contributed by atoms with Gasteiger partial charge in [-0.15, -0.1) is 0 Å². The fourth-order valence-electron chi connectivity index (χ4n) is 5.18. The van der Waals surface area contributed by atoms with Gasteiger partial charge in [0.1, 0.15) is 0 Å². The van der Waals surface area contributed by atoms with E-state index >= 15 is 0 Å². The topological polar surface area (TPSA) is 33.1 Å². The van der Waals surface area contributed by atoms with E-state index in [2.05, 4.69) is 119 Å². The molecule has 1 atom stereocenters. The molecular weight excluding hydrogens is 440 g/mol. The van der Waals surface area contributed by atoms with Gasteiger partial charge in [-0.2, -0.15) is 0 Å². The number of anilines is 1. The van der Waals surface area contributed by atoms with Crippen molar-refractivity contribution in [2.75, 3.05) is 18.0 Å². The molecule has 188 valence electrons. The Labute approximate surface area is 217 Å². The summed E-state index contributed by atoms with van der Waals surface area (Å²) in [5.41, 5.74) is 6.27. The molecule has 3 aromatic carbocycles. The van der Waals surface area contributed by atoms with E-state index in [1.54, 1.807) is 0 Å². The van der Waals surface area contributed by atoms with Crippen LogP contribution < -0.4 is 10.2 Å². The molecule has 1 unspecified atom stereocenters. The van der Waals surface area contributed by atoms with Crippen LogP contribution in [-0.2, 0) is 25.0 Å². The van der Waals surface area contributed by atoms with E-state index in [1.807, 2.05) is 18.7 Å². The maximum Gasteiger partial charge on any atom is 0.0956 e. The van der Waals surface area contributed by atoms with E-state index in [0.29, 0.717) is 6.67 Å². The highest BCUT2D eigenvalue weighted by Crippen LogP contribution is 2.36. The minimum Gasteiger partial charge on any atom is -0.372 e. The lowest BCUT2D eigenvalue weighted by atomic mass is 9.75. The average molecular weight is 481 g/mol. The highest BCUT2D eigenvalue weighted by molar-refractivity contribution is 5.50. The molecule has 4 heteroatoms. The SMILES string of the molecule is CCCCc1ccccc1C(Cc1ccc(N(CC)CC)cc1)(NCn1ccnc1)c1ccccc1. The summed E-state index contributed by atoms with van der Waals surface area (Å²) < 4.78 is 2.11. The summed E-state index contributed by atoms with van der Waals surface area (Å²) in [6.45, 7) is 9.40. The van der Waals surface area contributed by atoms with Crippen molar-refractivity contribution in [1.82, 2.24) is 14.9 Å². The van der Waals surface area contributed by atoms with Gasteiger partial charge in [0.2, 0.25) is 0 Å². The zero-order chi connectivity index (χ0) is 25.2. The van der Waals surface area contributed by atoms with E-state index in [9.17, 15) is 0 Å². The Morgan fingerprint density at radius 2 is 1.58 bits per heavy atom. The summed E-state index contributed by atoms with van der Waals surface area (Å²) in [6, 6.07) is 29.1. The number of hydrogen-bond acceptors (Lipinski definition) is 3. The Hall–Kier alpha value is -3.37. The number of unbranched alkanes of at least 4 members (excludes halogenated alkanes) is 1. The van der Waals surface area contributed by atoms with Crippen molar-refractivity contribution in [3.63, 3.8) is 0 Å². The molecule has 36 heavy (non-hydrogen) atoms. The molecule has 0 saturated carbocycles. The normalized spacial score (nSPS) is 12.9. The van der Waals surface area contributed by atoms with Gasteiger partial charge in [-0.3, -0.25) is 5.32 Å². The van der Waals surface area contributed by atoms with Crippen LogP contribution >= 0.6 is 0 Å². The second kappa shape index (κ2) is 12.5. The van der Waals surface area contributed by atoms with Crippen molar-refractivity contribution in [2.24, 2.45) is 0 Å². The van der Waals surface area contributed by atoms with Crippen molar-refractivity contribution in [2.45, 2.75) is 58.7 Å². The average Bonchev–Trinajstić information content (AvgIpc) is 3.46. The fraction of sp³-hybridized carbons (Fsp3) is 0.344. The minimum atomic E-state index is -0.382. The summed E-state index contributed by atoms with van der Waals surface area (Å²) in [5, 5.41) is 4.01. The van der Waals surface area contributed by atoms with Gasteiger partial charge in [0.05, 0.1) is 18.5 Å². The number of aromatic nitrogens is 2. The van der Waals surface area contributed by atoms with Crippen LogP contribution in [0.5, 0.6) is 0 Å². The second-order valence-electron chi connectivity index (χ2n) is 9.46. The number of rotatable bonds is 13. The van der Waals surface area contributed by atoms with Crippen molar-refractivity contribution in [1.29, 1.82) is 0 Å². The molecular formula is C32H40N4. The lowest BCUT2D eigenvalue weighted by Gasteiger charge is -2.38. The largest absolute Gasteiger partial charge is 0.372 e. The third-order valence-electron chi connectivity index (χ3n) is 7.20. The van der Waals surface area contributed by atoms with Crippen molar-refractivity contribution in [3.05, 3.63) is 120 Å². The van der Waals surface area contributed by atoms with Gasteiger partial charge in [0, 0.05) is 31.2 Å². The fourth-order valence-corrected chi connectivity index (χ4v) is 5.18. The van der Waals surface area contributed by atoms with Gasteiger partial charge in [0.25, 0.3) is 0 Å². The number of imidazole rings is 1. The van der Waals surface area contributed by atoms with E-state index in [1.165, 1.54) is 40.8 Å². The van der Waals surface area contributed by atoms with Crippen LogP contribution in [0.4, 0.5) is 5.69 Å². The van der Waals surface area contributed by atoms with Gasteiger partial charge >= 0.3 is 0 Å². The van der Waals surface area contributed by atoms with E-state index in [0.717, 1.165) is 25.9 Å². The molecule has 4 nitrogen and oxygen atoms in total. The molecule has 0 spiro atoms. The van der Waals surface area contributed by atoms with Crippen LogP contribution in [0, 0.1) is 0 Å². The summed E-state index contributed by atoms with van der Waals surface area (Å²) in [5.74, 6) is 0. The molecule has 1 N–H and O–H groups in total. The Morgan fingerprint density at radius 3 is 2.25 bits per heavy atom. The van der Waals surface area contributed by atoms with Gasteiger partial charge < -0.3 is 9.47 Å². The van der Waals surface area contributed by atoms with Crippen LogP contribution in [0.25, 0.3) is 0 Å². The first-order valence-electron chi connectivity index (χ1n) is 13.4. The molecule has 4 rings (SSSR count). The zero-order valence-corrected chi connectivity index (χ0v) is 22.0. The molecule has 4 aromatic rings. The highest BCUT2D eigenvalue weighted by Gasteiger charge is 2.36. The zero-order valence-electron chi connectivity index (χ0n) is 22.0. The number of nitrogens with zero attached hydrogens (tertiary/aromatic N) is 3. The summed E-state index contributed by atoms with van der Waals surface area (Å²) in [4.78, 5) is 6.67. The second-order valence-corrected chi connectivity index (χ2v) is 9.46. The lowest BCUT2D eigenvalue weighted by Crippen LogP contribution is -2.46. The van der Waals surface area contributed by atoms with Gasteiger partial charge in [-0.1, -0.05) is 80.1 Å². The number of hydrogen-bond donors (Lipinski definition) is 1. The molecule has 0 aliphatic carbocycles. The Bertz CT molecular complexity index is 1160. The lowest BCUT2D eigenvalue weighted by molar-refractivity contribution is 0.353. The van der Waals surface area contributed by atoms with Crippen molar-refractivity contribution < 1.29 is 0 Å². The molecule has 0 aliphatic heterocycles. The number of nitrogens with one attached hydrogen (secondary N) is 1. The summed E-state index contributed by atoms with van der Waals surface area (Å²) in [6.07, 6.45) is 10.0. The molecule has 1 aromatic heterocycles. The van der Waals surface area contributed by atoms with E-state index < -0.39 is 0 Å². The minimum absolute atomic E-state index is 0.382. The Balaban J connectivity index is 1.82. The summed E-state index contributed by atoms with van der Waals surface area (Å²) >= 11 is 0. The maximum absolute atomic E-state index is 4.27. The first-order chi connectivity index (χ1) is 17.7. The van der Waals surface area contributed by atoms with Crippen LogP contribution in [0.2, 0.25) is 0 Å². The third kappa shape index (κ3) is 5.88. The number of aryl methyl sites for hydroxylation is 1. The molecule has 0 amide bonds. The quantitative estimate of drug-likeness (QED) is 0.228. The van der Waals surface area contributed by atoms with Crippen LogP contribution in [0.15, 0.2) is 97.6 Å². The van der Waals surface area contributed by atoms with Crippen LogP contribution in [-0.4, -0.2) is 22.6 Å². The monoisotopic (exact) mass is 480 g/mol. The molecule has 0 radical (unpaired) electrons.